The maximum atomic E-state index is 11.5. The molecule has 1 atom stereocenters. The zero-order valence-corrected chi connectivity index (χ0v) is 11.5. The first-order valence-electron chi connectivity index (χ1n) is 6.34. The molecule has 0 radical (unpaired) electrons. The number of carbonyl (C=O) groups is 1. The molecule has 1 aliphatic rings. The van der Waals surface area contributed by atoms with Crippen molar-refractivity contribution < 1.29 is 18.3 Å². The summed E-state index contributed by atoms with van der Waals surface area (Å²) >= 11 is 0. The zero-order valence-electron chi connectivity index (χ0n) is 10.7. The van der Waals surface area contributed by atoms with Crippen molar-refractivity contribution in [2.24, 2.45) is 5.92 Å². The number of aromatic nitrogens is 2. The molecule has 1 N–H and O–H groups in total. The standard InChI is InChI=1S/C13H14N2O4S/c16-13(17)10-2-1-3-11-12(10)15(8-14-11)6-9-4-5-20(18,19)7-9/h1-3,8-9H,4-7H2,(H,16,17). The molecular weight excluding hydrogens is 280 g/mol. The highest BCUT2D eigenvalue weighted by Gasteiger charge is 2.28. The number of rotatable bonds is 3. The molecule has 1 aromatic heterocycles. The Balaban J connectivity index is 1.98. The third-order valence-electron chi connectivity index (χ3n) is 3.65. The van der Waals surface area contributed by atoms with E-state index in [2.05, 4.69) is 4.98 Å². The van der Waals surface area contributed by atoms with Crippen LogP contribution in [-0.4, -0.2) is 40.6 Å². The molecule has 2 heterocycles. The number of sulfone groups is 1. The lowest BCUT2D eigenvalue weighted by Crippen LogP contribution is -2.13. The summed E-state index contributed by atoms with van der Waals surface area (Å²) in [5.41, 5.74) is 1.37. The van der Waals surface area contributed by atoms with Gasteiger partial charge in [0.05, 0.1) is 34.4 Å². The molecule has 1 unspecified atom stereocenters. The van der Waals surface area contributed by atoms with Gasteiger partial charge in [0.15, 0.2) is 9.84 Å². The third-order valence-corrected chi connectivity index (χ3v) is 5.49. The van der Waals surface area contributed by atoms with Crippen LogP contribution in [0.15, 0.2) is 24.5 Å². The number of carboxylic acid groups (broad SMARTS) is 1. The monoisotopic (exact) mass is 294 g/mol. The van der Waals surface area contributed by atoms with Crippen molar-refractivity contribution in [2.75, 3.05) is 11.5 Å². The lowest BCUT2D eigenvalue weighted by atomic mass is 10.1. The summed E-state index contributed by atoms with van der Waals surface area (Å²) in [4.78, 5) is 15.5. The first-order valence-corrected chi connectivity index (χ1v) is 8.16. The molecule has 0 saturated carbocycles. The highest BCUT2D eigenvalue weighted by molar-refractivity contribution is 7.91. The molecule has 7 heteroatoms. The van der Waals surface area contributed by atoms with E-state index >= 15 is 0 Å². The van der Waals surface area contributed by atoms with E-state index in [1.54, 1.807) is 23.0 Å². The molecule has 1 fully saturated rings. The zero-order chi connectivity index (χ0) is 14.3. The summed E-state index contributed by atoms with van der Waals surface area (Å²) in [6, 6.07) is 4.95. The number of nitrogens with zero attached hydrogens (tertiary/aromatic N) is 2. The molecule has 0 amide bonds. The van der Waals surface area contributed by atoms with Gasteiger partial charge in [0.25, 0.3) is 0 Å². The van der Waals surface area contributed by atoms with E-state index in [4.69, 9.17) is 0 Å². The van der Waals surface area contributed by atoms with Gasteiger partial charge in [-0.1, -0.05) is 6.07 Å². The predicted molar refractivity (Wildman–Crippen MR) is 73.5 cm³/mol. The Hall–Kier alpha value is -1.89. The maximum Gasteiger partial charge on any atom is 0.337 e. The predicted octanol–water partition coefficient (Wildman–Crippen LogP) is 1.17. The van der Waals surface area contributed by atoms with Gasteiger partial charge in [0.2, 0.25) is 0 Å². The number of para-hydroxylation sites is 1. The third kappa shape index (κ3) is 2.29. The molecule has 2 aromatic rings. The number of carboxylic acids is 1. The fourth-order valence-electron chi connectivity index (χ4n) is 2.73. The molecule has 0 spiro atoms. The molecule has 20 heavy (non-hydrogen) atoms. The van der Waals surface area contributed by atoms with Crippen LogP contribution in [0, 0.1) is 5.92 Å². The quantitative estimate of drug-likeness (QED) is 0.917. The molecule has 0 bridgehead atoms. The number of hydrogen-bond acceptors (Lipinski definition) is 4. The van der Waals surface area contributed by atoms with Gasteiger partial charge in [-0.25, -0.2) is 18.2 Å². The summed E-state index contributed by atoms with van der Waals surface area (Å²) in [6.07, 6.45) is 2.21. The Bertz CT molecular complexity index is 779. The van der Waals surface area contributed by atoms with Crippen molar-refractivity contribution >= 4 is 26.8 Å². The Morgan fingerprint density at radius 2 is 2.25 bits per heavy atom. The van der Waals surface area contributed by atoms with E-state index in [9.17, 15) is 18.3 Å². The molecule has 1 aliphatic heterocycles. The van der Waals surface area contributed by atoms with E-state index in [1.165, 1.54) is 6.07 Å². The van der Waals surface area contributed by atoms with Crippen molar-refractivity contribution in [2.45, 2.75) is 13.0 Å². The fourth-order valence-corrected chi connectivity index (χ4v) is 4.58. The molecule has 106 valence electrons. The maximum absolute atomic E-state index is 11.5. The topological polar surface area (TPSA) is 89.3 Å². The first kappa shape index (κ1) is 13.1. The van der Waals surface area contributed by atoms with Crippen molar-refractivity contribution in [3.8, 4) is 0 Å². The highest BCUT2D eigenvalue weighted by Crippen LogP contribution is 2.24. The second kappa shape index (κ2) is 4.59. The highest BCUT2D eigenvalue weighted by atomic mass is 32.2. The smallest absolute Gasteiger partial charge is 0.337 e. The lowest BCUT2D eigenvalue weighted by Gasteiger charge is -2.10. The minimum atomic E-state index is -2.93. The second-order valence-electron chi connectivity index (χ2n) is 5.14. The Labute approximate surface area is 116 Å². The number of benzene rings is 1. The van der Waals surface area contributed by atoms with Crippen LogP contribution in [0.3, 0.4) is 0 Å². The Morgan fingerprint density at radius 1 is 1.45 bits per heavy atom. The summed E-state index contributed by atoms with van der Waals surface area (Å²) < 4.78 is 24.7. The lowest BCUT2D eigenvalue weighted by molar-refractivity contribution is 0.0698. The second-order valence-corrected chi connectivity index (χ2v) is 7.37. The van der Waals surface area contributed by atoms with Gasteiger partial charge in [-0.05, 0) is 24.5 Å². The summed E-state index contributed by atoms with van der Waals surface area (Å²) in [7, 11) is -2.93. The Morgan fingerprint density at radius 3 is 2.90 bits per heavy atom. The van der Waals surface area contributed by atoms with Gasteiger partial charge < -0.3 is 9.67 Å². The average molecular weight is 294 g/mol. The molecule has 1 aromatic carbocycles. The number of fused-ring (bicyclic) bond motifs is 1. The number of aromatic carboxylic acids is 1. The molecule has 6 nitrogen and oxygen atoms in total. The normalized spacial score (nSPS) is 21.3. The van der Waals surface area contributed by atoms with E-state index in [-0.39, 0.29) is 23.0 Å². The van der Waals surface area contributed by atoms with Gasteiger partial charge in [0, 0.05) is 6.54 Å². The van der Waals surface area contributed by atoms with Crippen molar-refractivity contribution in [3.63, 3.8) is 0 Å². The van der Waals surface area contributed by atoms with Crippen molar-refractivity contribution in [1.29, 1.82) is 0 Å². The SMILES string of the molecule is O=C(O)c1cccc2ncn(CC3CCS(=O)(=O)C3)c12. The van der Waals surface area contributed by atoms with Crippen LogP contribution < -0.4 is 0 Å². The molecule has 1 saturated heterocycles. The van der Waals surface area contributed by atoms with Crippen molar-refractivity contribution in [1.82, 2.24) is 9.55 Å². The summed E-state index contributed by atoms with van der Waals surface area (Å²) in [5, 5.41) is 9.23. The van der Waals surface area contributed by atoms with Crippen LogP contribution in [0.4, 0.5) is 0 Å². The Kier molecular flexibility index (Phi) is 3.01. The van der Waals surface area contributed by atoms with Crippen LogP contribution in [0.5, 0.6) is 0 Å². The van der Waals surface area contributed by atoms with Gasteiger partial charge in [-0.2, -0.15) is 0 Å². The fraction of sp³-hybridized carbons (Fsp3) is 0.385. The van der Waals surface area contributed by atoms with Crippen molar-refractivity contribution in [3.05, 3.63) is 30.1 Å². The van der Waals surface area contributed by atoms with Crippen LogP contribution in [0.1, 0.15) is 16.8 Å². The van der Waals surface area contributed by atoms with Gasteiger partial charge >= 0.3 is 5.97 Å². The summed E-state index contributed by atoms with van der Waals surface area (Å²) in [5.74, 6) is -0.589. The van der Waals surface area contributed by atoms with E-state index in [0.29, 0.717) is 24.0 Å². The molecular formula is C13H14N2O4S. The van der Waals surface area contributed by atoms with Crippen LogP contribution in [0.25, 0.3) is 11.0 Å². The van der Waals surface area contributed by atoms with E-state index in [1.807, 2.05) is 0 Å². The van der Waals surface area contributed by atoms with Gasteiger partial charge in [0.1, 0.15) is 0 Å². The largest absolute Gasteiger partial charge is 0.478 e. The first-order chi connectivity index (χ1) is 9.46. The van der Waals surface area contributed by atoms with Crippen LogP contribution in [-0.2, 0) is 16.4 Å². The van der Waals surface area contributed by atoms with Gasteiger partial charge in [-0.15, -0.1) is 0 Å². The van der Waals surface area contributed by atoms with E-state index < -0.39 is 15.8 Å². The number of hydrogen-bond donors (Lipinski definition) is 1. The average Bonchev–Trinajstić information content (AvgIpc) is 2.93. The number of imidazole rings is 1. The molecule has 0 aliphatic carbocycles. The van der Waals surface area contributed by atoms with E-state index in [0.717, 1.165) is 0 Å². The van der Waals surface area contributed by atoms with Crippen LogP contribution >= 0.6 is 0 Å². The summed E-state index contributed by atoms with van der Waals surface area (Å²) in [6.45, 7) is 0.486. The minimum absolute atomic E-state index is 0.0271. The van der Waals surface area contributed by atoms with Crippen LogP contribution in [0.2, 0.25) is 0 Å². The molecule has 3 rings (SSSR count). The van der Waals surface area contributed by atoms with Gasteiger partial charge in [-0.3, -0.25) is 0 Å². The minimum Gasteiger partial charge on any atom is -0.478 e.